The van der Waals surface area contributed by atoms with E-state index >= 15 is 0 Å². The summed E-state index contributed by atoms with van der Waals surface area (Å²) < 4.78 is 25.3. The number of halogens is 1. The molecule has 1 aliphatic heterocycles. The summed E-state index contributed by atoms with van der Waals surface area (Å²) in [5, 5.41) is 10.7. The maximum Gasteiger partial charge on any atom is 0.296 e. The van der Waals surface area contributed by atoms with Crippen LogP contribution in [0, 0.1) is 11.7 Å². The van der Waals surface area contributed by atoms with E-state index < -0.39 is 5.91 Å². The van der Waals surface area contributed by atoms with Crippen molar-refractivity contribution in [3.8, 4) is 0 Å². The summed E-state index contributed by atoms with van der Waals surface area (Å²) >= 11 is 0. The molecule has 3 aliphatic rings. The number of benzene rings is 1. The van der Waals surface area contributed by atoms with Gasteiger partial charge in [-0.05, 0) is 84.1 Å². The number of rotatable bonds is 8. The summed E-state index contributed by atoms with van der Waals surface area (Å²) in [6, 6.07) is 6.67. The van der Waals surface area contributed by atoms with E-state index in [2.05, 4.69) is 17.1 Å². The Morgan fingerprint density at radius 1 is 1.14 bits per heavy atom. The largest absolute Gasteiger partial charge is 0.496 e. The summed E-state index contributed by atoms with van der Waals surface area (Å²) in [7, 11) is 0. The number of pyridine rings is 1. The monoisotopic (exact) mass is 490 g/mol. The van der Waals surface area contributed by atoms with Gasteiger partial charge in [0.15, 0.2) is 0 Å². The second kappa shape index (κ2) is 11.2. The second-order valence-electron chi connectivity index (χ2n) is 9.49. The Morgan fingerprint density at radius 2 is 2.00 bits per heavy atom. The van der Waals surface area contributed by atoms with E-state index in [-0.39, 0.29) is 18.3 Å². The molecule has 36 heavy (non-hydrogen) atoms. The molecule has 1 atom stereocenters. The van der Waals surface area contributed by atoms with E-state index in [1.165, 1.54) is 12.1 Å². The van der Waals surface area contributed by atoms with Crippen molar-refractivity contribution in [1.82, 2.24) is 10.0 Å². The average Bonchev–Trinajstić information content (AvgIpc) is 3.07. The zero-order chi connectivity index (χ0) is 24.9. The number of aryl methyl sites for hydroxylation is 1. The number of allylic oxidation sites excluding steroid dienone is 5. The second-order valence-corrected chi connectivity index (χ2v) is 9.49. The quantitative estimate of drug-likeness (QED) is 0.414. The van der Waals surface area contributed by atoms with E-state index in [1.54, 1.807) is 6.20 Å². The fourth-order valence-corrected chi connectivity index (χ4v) is 5.17. The molecule has 6 nitrogen and oxygen atoms in total. The average molecular weight is 491 g/mol. The first kappa shape index (κ1) is 24.4. The normalized spacial score (nSPS) is 19.2. The Morgan fingerprint density at radius 3 is 2.81 bits per heavy atom. The maximum atomic E-state index is 13.4. The van der Waals surface area contributed by atoms with Crippen LogP contribution in [0.2, 0.25) is 0 Å². The molecule has 0 fully saturated rings. The van der Waals surface area contributed by atoms with Gasteiger partial charge in [0.1, 0.15) is 18.1 Å². The molecule has 0 spiro atoms. The van der Waals surface area contributed by atoms with Gasteiger partial charge >= 0.3 is 0 Å². The molecule has 188 valence electrons. The number of hydroxylamine groups is 2. The van der Waals surface area contributed by atoms with E-state index in [4.69, 9.17) is 9.47 Å². The molecule has 5 rings (SSSR count). The van der Waals surface area contributed by atoms with E-state index in [0.717, 1.165) is 70.8 Å². The highest BCUT2D eigenvalue weighted by Crippen LogP contribution is 2.35. The van der Waals surface area contributed by atoms with Gasteiger partial charge in [-0.3, -0.25) is 15.0 Å². The summed E-state index contributed by atoms with van der Waals surface area (Å²) in [6.45, 7) is 1.56. The SMILES string of the molecule is O=C1c2ncc3c(c2CCN1O)C(COCCOC1=CC=CCC1)=CC(Cc1ccc(F)cc1)CC3. The van der Waals surface area contributed by atoms with Gasteiger partial charge in [-0.1, -0.05) is 30.4 Å². The highest BCUT2D eigenvalue weighted by molar-refractivity contribution is 5.96. The van der Waals surface area contributed by atoms with E-state index in [0.29, 0.717) is 31.9 Å². The number of carbonyl (C=O) groups is 1. The number of carbonyl (C=O) groups excluding carboxylic acids is 1. The molecule has 2 aromatic rings. The van der Waals surface area contributed by atoms with Crippen LogP contribution >= 0.6 is 0 Å². The predicted molar refractivity (Wildman–Crippen MR) is 134 cm³/mol. The molecule has 0 saturated heterocycles. The number of ether oxygens (including phenoxy) is 2. The Bertz CT molecular complexity index is 1200. The third-order valence-electron chi connectivity index (χ3n) is 6.97. The van der Waals surface area contributed by atoms with Crippen LogP contribution in [0.1, 0.15) is 52.0 Å². The fourth-order valence-electron chi connectivity index (χ4n) is 5.17. The summed E-state index contributed by atoms with van der Waals surface area (Å²) in [5.41, 5.74) is 5.44. The fraction of sp³-hybridized carbons (Fsp3) is 0.379. The molecular formula is C29H31FN2O4. The zero-order valence-electron chi connectivity index (χ0n) is 20.3. The number of hydrogen-bond donors (Lipinski definition) is 1. The van der Waals surface area contributed by atoms with Gasteiger partial charge in [0.25, 0.3) is 5.91 Å². The van der Waals surface area contributed by atoms with Gasteiger partial charge < -0.3 is 9.47 Å². The maximum absolute atomic E-state index is 13.4. The third kappa shape index (κ3) is 5.58. The number of fused-ring (bicyclic) bond motifs is 3. The molecule has 1 aromatic carbocycles. The molecule has 7 heteroatoms. The Kier molecular flexibility index (Phi) is 7.58. The first-order chi connectivity index (χ1) is 17.6. The minimum Gasteiger partial charge on any atom is -0.496 e. The standard InChI is InChI=1S/C29H31FN2O4/c30-24-10-7-20(8-11-24)16-21-6-9-22-18-31-28-26(12-13-32(34)29(28)33)27(22)23(17-21)19-35-14-15-36-25-4-2-1-3-5-25/h1-2,4,7-8,10-11,17-18,21,34H,3,5-6,9,12-16,19H2. The van der Waals surface area contributed by atoms with Crippen molar-refractivity contribution in [3.63, 3.8) is 0 Å². The van der Waals surface area contributed by atoms with Crippen molar-refractivity contribution in [3.05, 3.63) is 94.3 Å². The predicted octanol–water partition coefficient (Wildman–Crippen LogP) is 5.06. The molecule has 1 unspecified atom stereocenters. The van der Waals surface area contributed by atoms with Gasteiger partial charge in [0, 0.05) is 12.6 Å². The molecule has 2 aliphatic carbocycles. The smallest absolute Gasteiger partial charge is 0.296 e. The molecule has 0 bridgehead atoms. The molecule has 0 radical (unpaired) electrons. The lowest BCUT2D eigenvalue weighted by molar-refractivity contribution is -0.0607. The Labute approximate surface area is 210 Å². The van der Waals surface area contributed by atoms with Crippen LogP contribution in [-0.2, 0) is 28.7 Å². The topological polar surface area (TPSA) is 71.9 Å². The van der Waals surface area contributed by atoms with Crippen molar-refractivity contribution < 1.29 is 23.9 Å². The van der Waals surface area contributed by atoms with Gasteiger partial charge in [-0.2, -0.15) is 0 Å². The van der Waals surface area contributed by atoms with Gasteiger partial charge in [-0.15, -0.1) is 0 Å². The lowest BCUT2D eigenvalue weighted by Crippen LogP contribution is -2.36. The highest BCUT2D eigenvalue weighted by atomic mass is 19.1. The number of amides is 1. The molecule has 1 aromatic heterocycles. The van der Waals surface area contributed by atoms with Crippen molar-refractivity contribution in [1.29, 1.82) is 0 Å². The molecule has 2 heterocycles. The van der Waals surface area contributed by atoms with Crippen LogP contribution in [0.15, 0.2) is 60.5 Å². The lowest BCUT2D eigenvalue weighted by atomic mass is 9.90. The van der Waals surface area contributed by atoms with Crippen LogP contribution in [0.5, 0.6) is 0 Å². The van der Waals surface area contributed by atoms with E-state index in [1.807, 2.05) is 24.3 Å². The zero-order valence-corrected chi connectivity index (χ0v) is 20.3. The Hall–Kier alpha value is -3.29. The van der Waals surface area contributed by atoms with Crippen molar-refractivity contribution >= 4 is 11.5 Å². The van der Waals surface area contributed by atoms with Crippen LogP contribution < -0.4 is 0 Å². The van der Waals surface area contributed by atoms with Crippen LogP contribution in [-0.4, -0.2) is 47.5 Å². The summed E-state index contributed by atoms with van der Waals surface area (Å²) in [6.07, 6.45) is 15.1. The first-order valence-electron chi connectivity index (χ1n) is 12.6. The van der Waals surface area contributed by atoms with Gasteiger partial charge in [-0.25, -0.2) is 9.45 Å². The minimum atomic E-state index is -0.463. The number of nitrogens with zero attached hydrogens (tertiary/aromatic N) is 2. The molecular weight excluding hydrogens is 459 g/mol. The number of aromatic nitrogens is 1. The number of hydrogen-bond acceptors (Lipinski definition) is 5. The third-order valence-corrected chi connectivity index (χ3v) is 6.97. The van der Waals surface area contributed by atoms with Crippen molar-refractivity contribution in [2.45, 2.75) is 38.5 Å². The lowest BCUT2D eigenvalue weighted by Gasteiger charge is -2.26. The molecule has 1 N–H and O–H groups in total. The van der Waals surface area contributed by atoms with Crippen molar-refractivity contribution in [2.24, 2.45) is 5.92 Å². The Balaban J connectivity index is 1.37. The summed E-state index contributed by atoms with van der Waals surface area (Å²) in [5.74, 6) is 0.515. The van der Waals surface area contributed by atoms with Crippen LogP contribution in [0.25, 0.3) is 5.57 Å². The van der Waals surface area contributed by atoms with Crippen LogP contribution in [0.3, 0.4) is 0 Å². The van der Waals surface area contributed by atoms with Crippen molar-refractivity contribution in [2.75, 3.05) is 26.4 Å². The molecule has 1 amide bonds. The summed E-state index contributed by atoms with van der Waals surface area (Å²) in [4.78, 5) is 17.0. The minimum absolute atomic E-state index is 0.237. The molecule has 0 saturated carbocycles. The van der Waals surface area contributed by atoms with Crippen LogP contribution in [0.4, 0.5) is 4.39 Å². The van der Waals surface area contributed by atoms with Gasteiger partial charge in [0.2, 0.25) is 0 Å². The first-order valence-corrected chi connectivity index (χ1v) is 12.6. The highest BCUT2D eigenvalue weighted by Gasteiger charge is 2.30. The van der Waals surface area contributed by atoms with Gasteiger partial charge in [0.05, 0.1) is 25.5 Å². The van der Waals surface area contributed by atoms with E-state index in [9.17, 15) is 14.4 Å².